The number of hydrazine groups is 1. The van der Waals surface area contributed by atoms with Crippen LogP contribution in [0, 0.1) is 6.92 Å². The van der Waals surface area contributed by atoms with E-state index in [1.807, 2.05) is 36.9 Å². The van der Waals surface area contributed by atoms with Crippen molar-refractivity contribution in [2.75, 3.05) is 25.1 Å². The van der Waals surface area contributed by atoms with Gasteiger partial charge in [0.15, 0.2) is 0 Å². The number of carbonyl (C=O) groups excluding carboxylic acids is 1. The highest BCUT2D eigenvalue weighted by molar-refractivity contribution is 5.99. The monoisotopic (exact) mass is 277 g/mol. The highest BCUT2D eigenvalue weighted by atomic mass is 16.5. The molecular formula is C15H23N3O2. The fourth-order valence-corrected chi connectivity index (χ4v) is 2.60. The van der Waals surface area contributed by atoms with Crippen molar-refractivity contribution in [3.63, 3.8) is 0 Å². The number of rotatable bonds is 4. The van der Waals surface area contributed by atoms with Crippen LogP contribution in [-0.2, 0) is 4.74 Å². The molecule has 1 aliphatic heterocycles. The number of aryl methyl sites for hydroxylation is 1. The molecule has 1 saturated heterocycles. The van der Waals surface area contributed by atoms with Crippen LogP contribution < -0.4 is 11.3 Å². The third kappa shape index (κ3) is 3.29. The summed E-state index contributed by atoms with van der Waals surface area (Å²) in [5, 5.41) is 0. The summed E-state index contributed by atoms with van der Waals surface area (Å²) in [5.74, 6) is 5.54. The summed E-state index contributed by atoms with van der Waals surface area (Å²) < 4.78 is 5.61. The van der Waals surface area contributed by atoms with E-state index in [1.165, 1.54) is 0 Å². The molecule has 0 saturated carbocycles. The first kappa shape index (κ1) is 14.8. The van der Waals surface area contributed by atoms with Crippen molar-refractivity contribution >= 4 is 11.6 Å². The number of nitrogens with one attached hydrogen (secondary N) is 1. The van der Waals surface area contributed by atoms with Crippen molar-refractivity contribution in [2.24, 2.45) is 5.84 Å². The van der Waals surface area contributed by atoms with Crippen LogP contribution in [0.3, 0.4) is 0 Å². The van der Waals surface area contributed by atoms with Crippen molar-refractivity contribution in [3.05, 3.63) is 29.3 Å². The maximum Gasteiger partial charge on any atom is 0.256 e. The summed E-state index contributed by atoms with van der Waals surface area (Å²) in [6.07, 6.45) is 2.09. The topological polar surface area (TPSA) is 67.6 Å². The standard InChI is InChI=1S/C15H23N3O2/c1-3-20-12-6-8-18(9-7-12)15(19)13-5-4-11(2)10-14(13)17-16/h4-5,10,12,17H,3,6-9,16H2,1-2H3. The summed E-state index contributed by atoms with van der Waals surface area (Å²) in [5.41, 5.74) is 5.00. The molecule has 2 rings (SSSR count). The van der Waals surface area contributed by atoms with Crippen LogP contribution >= 0.6 is 0 Å². The number of nitrogens with zero attached hydrogens (tertiary/aromatic N) is 1. The van der Waals surface area contributed by atoms with Gasteiger partial charge in [-0.2, -0.15) is 0 Å². The molecule has 0 atom stereocenters. The SMILES string of the molecule is CCOC1CCN(C(=O)c2ccc(C)cc2NN)CC1. The molecule has 0 spiro atoms. The van der Waals surface area contributed by atoms with E-state index in [1.54, 1.807) is 0 Å². The minimum absolute atomic E-state index is 0.0351. The quantitative estimate of drug-likeness (QED) is 0.652. The lowest BCUT2D eigenvalue weighted by molar-refractivity contribution is 0.0146. The van der Waals surface area contributed by atoms with E-state index in [2.05, 4.69) is 5.43 Å². The lowest BCUT2D eigenvalue weighted by atomic mass is 10.0. The van der Waals surface area contributed by atoms with Gasteiger partial charge in [0, 0.05) is 19.7 Å². The zero-order valence-electron chi connectivity index (χ0n) is 12.2. The van der Waals surface area contributed by atoms with Crippen LogP contribution in [0.5, 0.6) is 0 Å². The number of amides is 1. The molecule has 1 aliphatic rings. The molecule has 0 radical (unpaired) electrons. The van der Waals surface area contributed by atoms with Gasteiger partial charge in [0.05, 0.1) is 17.4 Å². The summed E-state index contributed by atoms with van der Waals surface area (Å²) in [6.45, 7) is 6.19. The Kier molecular flexibility index (Phi) is 4.98. The first-order valence-electron chi connectivity index (χ1n) is 7.13. The van der Waals surface area contributed by atoms with Gasteiger partial charge in [-0.3, -0.25) is 10.6 Å². The molecule has 20 heavy (non-hydrogen) atoms. The molecule has 5 heteroatoms. The molecule has 3 N–H and O–H groups in total. The number of hydrogen-bond donors (Lipinski definition) is 2. The molecule has 110 valence electrons. The van der Waals surface area contributed by atoms with E-state index in [4.69, 9.17) is 10.6 Å². The van der Waals surface area contributed by atoms with E-state index in [-0.39, 0.29) is 12.0 Å². The molecule has 1 amide bonds. The Bertz CT molecular complexity index is 468. The predicted octanol–water partition coefficient (Wildman–Crippen LogP) is 1.92. The second kappa shape index (κ2) is 6.72. The second-order valence-electron chi connectivity index (χ2n) is 5.14. The third-order valence-corrected chi connectivity index (χ3v) is 3.69. The number of benzene rings is 1. The summed E-state index contributed by atoms with van der Waals surface area (Å²) in [4.78, 5) is 14.4. The fraction of sp³-hybridized carbons (Fsp3) is 0.533. The van der Waals surface area contributed by atoms with Gasteiger partial charge >= 0.3 is 0 Å². The number of likely N-dealkylation sites (tertiary alicyclic amines) is 1. The lowest BCUT2D eigenvalue weighted by Crippen LogP contribution is -2.41. The van der Waals surface area contributed by atoms with Crippen LogP contribution in [0.2, 0.25) is 0 Å². The summed E-state index contributed by atoms with van der Waals surface area (Å²) in [6, 6.07) is 5.66. The number of ether oxygens (including phenoxy) is 1. The minimum atomic E-state index is 0.0351. The molecule has 1 heterocycles. The van der Waals surface area contributed by atoms with Crippen LogP contribution in [0.15, 0.2) is 18.2 Å². The van der Waals surface area contributed by atoms with Crippen molar-refractivity contribution in [3.8, 4) is 0 Å². The molecule has 1 aromatic rings. The van der Waals surface area contributed by atoms with E-state index in [9.17, 15) is 4.79 Å². The maximum absolute atomic E-state index is 12.5. The Morgan fingerprint density at radius 2 is 2.15 bits per heavy atom. The number of hydrogen-bond acceptors (Lipinski definition) is 4. The number of anilines is 1. The van der Waals surface area contributed by atoms with Crippen LogP contribution in [0.1, 0.15) is 35.7 Å². The zero-order valence-corrected chi connectivity index (χ0v) is 12.2. The number of nitrogens with two attached hydrogens (primary N) is 1. The van der Waals surface area contributed by atoms with Gasteiger partial charge in [0.25, 0.3) is 5.91 Å². The first-order valence-corrected chi connectivity index (χ1v) is 7.13. The van der Waals surface area contributed by atoms with E-state index < -0.39 is 0 Å². The highest BCUT2D eigenvalue weighted by Crippen LogP contribution is 2.21. The second-order valence-corrected chi connectivity index (χ2v) is 5.14. The van der Waals surface area contributed by atoms with Gasteiger partial charge in [0.2, 0.25) is 0 Å². The molecule has 0 unspecified atom stereocenters. The number of nitrogen functional groups attached to an aromatic ring is 1. The van der Waals surface area contributed by atoms with Crippen LogP contribution in [0.4, 0.5) is 5.69 Å². The fourth-order valence-electron chi connectivity index (χ4n) is 2.60. The Hall–Kier alpha value is -1.59. The summed E-state index contributed by atoms with van der Waals surface area (Å²) >= 11 is 0. The van der Waals surface area contributed by atoms with Crippen molar-refractivity contribution in [1.82, 2.24) is 4.90 Å². The largest absolute Gasteiger partial charge is 0.378 e. The van der Waals surface area contributed by atoms with Gasteiger partial charge in [-0.25, -0.2) is 0 Å². The number of piperidine rings is 1. The molecule has 0 aromatic heterocycles. The van der Waals surface area contributed by atoms with Gasteiger partial charge in [0.1, 0.15) is 0 Å². The average Bonchev–Trinajstić information content (AvgIpc) is 2.47. The third-order valence-electron chi connectivity index (χ3n) is 3.69. The Balaban J connectivity index is 2.05. The van der Waals surface area contributed by atoms with E-state index in [0.717, 1.165) is 38.1 Å². The van der Waals surface area contributed by atoms with Crippen LogP contribution in [-0.4, -0.2) is 36.6 Å². The first-order chi connectivity index (χ1) is 9.65. The van der Waals surface area contributed by atoms with Gasteiger partial charge < -0.3 is 15.1 Å². The highest BCUT2D eigenvalue weighted by Gasteiger charge is 2.25. The van der Waals surface area contributed by atoms with Crippen LogP contribution in [0.25, 0.3) is 0 Å². The Morgan fingerprint density at radius 3 is 2.75 bits per heavy atom. The van der Waals surface area contributed by atoms with Crippen molar-refractivity contribution in [2.45, 2.75) is 32.8 Å². The van der Waals surface area contributed by atoms with Gasteiger partial charge in [-0.15, -0.1) is 0 Å². The number of carbonyl (C=O) groups is 1. The molecule has 5 nitrogen and oxygen atoms in total. The van der Waals surface area contributed by atoms with Gasteiger partial charge in [-0.05, 0) is 44.4 Å². The summed E-state index contributed by atoms with van der Waals surface area (Å²) in [7, 11) is 0. The molecule has 0 bridgehead atoms. The Labute approximate surface area is 120 Å². The van der Waals surface area contributed by atoms with Crippen molar-refractivity contribution in [1.29, 1.82) is 0 Å². The smallest absolute Gasteiger partial charge is 0.256 e. The maximum atomic E-state index is 12.5. The molecule has 0 aliphatic carbocycles. The molecule has 1 fully saturated rings. The lowest BCUT2D eigenvalue weighted by Gasteiger charge is -2.32. The average molecular weight is 277 g/mol. The molecule has 1 aromatic carbocycles. The predicted molar refractivity (Wildman–Crippen MR) is 79.5 cm³/mol. The van der Waals surface area contributed by atoms with Crippen molar-refractivity contribution < 1.29 is 9.53 Å². The van der Waals surface area contributed by atoms with E-state index in [0.29, 0.717) is 11.3 Å². The zero-order chi connectivity index (χ0) is 14.5. The minimum Gasteiger partial charge on any atom is -0.378 e. The normalized spacial score (nSPS) is 16.2. The molecular weight excluding hydrogens is 254 g/mol. The Morgan fingerprint density at radius 1 is 1.45 bits per heavy atom. The van der Waals surface area contributed by atoms with E-state index >= 15 is 0 Å². The van der Waals surface area contributed by atoms with Gasteiger partial charge in [-0.1, -0.05) is 6.07 Å².